The van der Waals surface area contributed by atoms with Gasteiger partial charge in [-0.25, -0.2) is 10.1 Å². The number of carbonyl (C=O) groups is 2. The maximum absolute atomic E-state index is 13.2. The number of hydrogen-bond donors (Lipinski definition) is 2. The second kappa shape index (κ2) is 11.5. The van der Waals surface area contributed by atoms with Gasteiger partial charge in [0.2, 0.25) is 11.8 Å². The normalized spacial score (nSPS) is 18.5. The number of nitrogens with one attached hydrogen (secondary N) is 2. The monoisotopic (exact) mass is 591 g/mol. The van der Waals surface area contributed by atoms with E-state index < -0.39 is 46.8 Å². The van der Waals surface area contributed by atoms with Gasteiger partial charge in [-0.2, -0.15) is 31.4 Å². The van der Waals surface area contributed by atoms with E-state index in [9.17, 15) is 40.7 Å². The van der Waals surface area contributed by atoms with Gasteiger partial charge in [-0.3, -0.25) is 14.4 Å². The highest BCUT2D eigenvalue weighted by molar-refractivity contribution is 5.88. The first kappa shape index (κ1) is 30.1. The van der Waals surface area contributed by atoms with Crippen LogP contribution in [0, 0.1) is 0 Å². The minimum atomic E-state index is -4.90. The fourth-order valence-electron chi connectivity index (χ4n) is 4.77. The van der Waals surface area contributed by atoms with Crippen LogP contribution in [0.2, 0.25) is 0 Å². The number of fused-ring (bicyclic) bond motifs is 3. The van der Waals surface area contributed by atoms with Gasteiger partial charge in [0.25, 0.3) is 5.56 Å². The van der Waals surface area contributed by atoms with Gasteiger partial charge in [0, 0.05) is 44.5 Å². The van der Waals surface area contributed by atoms with Crippen molar-refractivity contribution in [2.75, 3.05) is 50.1 Å². The van der Waals surface area contributed by atoms with Crippen molar-refractivity contribution in [1.82, 2.24) is 25.0 Å². The van der Waals surface area contributed by atoms with Crippen LogP contribution in [0.3, 0.4) is 0 Å². The molecule has 2 aliphatic rings. The van der Waals surface area contributed by atoms with Gasteiger partial charge in [0.05, 0.1) is 43.6 Å². The summed E-state index contributed by atoms with van der Waals surface area (Å²) in [5.74, 6) is -0.428. The molecule has 0 aliphatic carbocycles. The first-order valence-corrected chi connectivity index (χ1v) is 12.5. The van der Waals surface area contributed by atoms with E-state index in [1.54, 1.807) is 10.00 Å². The molecule has 1 fully saturated rings. The van der Waals surface area contributed by atoms with Gasteiger partial charge >= 0.3 is 12.4 Å². The molecule has 0 radical (unpaired) electrons. The molecule has 2 aromatic heterocycles. The number of piperazine rings is 1. The van der Waals surface area contributed by atoms with Gasteiger partial charge in [0.1, 0.15) is 17.4 Å². The molecule has 0 aromatic carbocycles. The largest absolute Gasteiger partial charge is 0.423 e. The van der Waals surface area contributed by atoms with E-state index in [-0.39, 0.29) is 69.0 Å². The molecule has 2 N–H and O–H groups in total. The van der Waals surface area contributed by atoms with Crippen LogP contribution in [-0.4, -0.2) is 88.8 Å². The number of carbonyl (C=O) groups excluding carboxylic acids is 2. The van der Waals surface area contributed by atoms with Gasteiger partial charge in [-0.15, -0.1) is 0 Å². The number of rotatable bonds is 7. The molecular formula is C24H27F6N7O4. The average Bonchev–Trinajstić information content (AvgIpc) is 2.98. The predicted octanol–water partition coefficient (Wildman–Crippen LogP) is 2.10. The molecule has 4 heterocycles. The number of alkyl halides is 6. The molecule has 2 amide bonds. The second-order valence-electron chi connectivity index (χ2n) is 9.80. The van der Waals surface area contributed by atoms with Crippen molar-refractivity contribution in [3.8, 4) is 0 Å². The van der Waals surface area contributed by atoms with E-state index in [1.807, 2.05) is 0 Å². The zero-order valence-electron chi connectivity index (χ0n) is 22.0. The third-order valence-corrected chi connectivity index (χ3v) is 6.71. The number of H-pyrrole nitrogens is 1. The van der Waals surface area contributed by atoms with E-state index in [0.29, 0.717) is 0 Å². The molecule has 0 saturated carbocycles. The van der Waals surface area contributed by atoms with E-state index in [4.69, 9.17) is 4.74 Å². The molecule has 0 bridgehead atoms. The summed E-state index contributed by atoms with van der Waals surface area (Å²) < 4.78 is 84.7. The van der Waals surface area contributed by atoms with Crippen molar-refractivity contribution in [3.05, 3.63) is 45.5 Å². The summed E-state index contributed by atoms with van der Waals surface area (Å²) in [6.45, 7) is 1.69. The van der Waals surface area contributed by atoms with E-state index in [1.165, 1.54) is 23.8 Å². The van der Waals surface area contributed by atoms with E-state index in [0.717, 1.165) is 18.5 Å². The smallest absolute Gasteiger partial charge is 0.379 e. The lowest BCUT2D eigenvalue weighted by atomic mass is 10.1. The Bertz CT molecular complexity index is 1350. The Morgan fingerprint density at radius 2 is 1.90 bits per heavy atom. The van der Waals surface area contributed by atoms with Crippen molar-refractivity contribution in [1.29, 1.82) is 0 Å². The van der Waals surface area contributed by atoms with Crippen LogP contribution in [0.4, 0.5) is 37.8 Å². The number of amides is 2. The topological polar surface area (TPSA) is 124 Å². The zero-order valence-corrected chi connectivity index (χ0v) is 22.0. The summed E-state index contributed by atoms with van der Waals surface area (Å²) in [4.78, 5) is 45.9. The predicted molar refractivity (Wildman–Crippen MR) is 132 cm³/mol. The Morgan fingerprint density at radius 3 is 2.59 bits per heavy atom. The maximum Gasteiger partial charge on any atom is 0.423 e. The first-order chi connectivity index (χ1) is 19.2. The number of nitrogens with zero attached hydrogens (tertiary/aromatic N) is 5. The van der Waals surface area contributed by atoms with Crippen LogP contribution in [-0.2, 0) is 33.2 Å². The number of ether oxygens (including phenoxy) is 1. The third kappa shape index (κ3) is 6.71. The number of anilines is 2. The van der Waals surface area contributed by atoms with Gasteiger partial charge in [-0.05, 0) is 13.0 Å². The highest BCUT2D eigenvalue weighted by Crippen LogP contribution is 2.35. The van der Waals surface area contributed by atoms with Crippen molar-refractivity contribution in [3.63, 3.8) is 0 Å². The van der Waals surface area contributed by atoms with Crippen molar-refractivity contribution in [2.45, 2.75) is 44.3 Å². The Hall–Kier alpha value is -3.89. The number of aromatic nitrogens is 3. The van der Waals surface area contributed by atoms with Crippen molar-refractivity contribution < 1.29 is 40.7 Å². The SMILES string of the molecule is C[C@@H](COCCC(=O)N1CCN2c3ncc(C(F)(F)F)cc3CN(C)C(=O)[C@H]2C1)Nc1cn[nH]c(=O)c1C(F)(F)F. The Morgan fingerprint density at radius 1 is 1.17 bits per heavy atom. The fraction of sp³-hybridized carbons (Fsp3) is 0.542. The number of pyridine rings is 1. The summed E-state index contributed by atoms with van der Waals surface area (Å²) in [5.41, 5.74) is -3.96. The molecule has 11 nitrogen and oxygen atoms in total. The number of likely N-dealkylation sites (N-methyl/N-ethyl adjacent to an activating group) is 1. The summed E-state index contributed by atoms with van der Waals surface area (Å²) >= 11 is 0. The number of aromatic amines is 1. The lowest BCUT2D eigenvalue weighted by molar-refractivity contribution is -0.139. The molecule has 2 aromatic rings. The molecule has 1 saturated heterocycles. The highest BCUT2D eigenvalue weighted by atomic mass is 19.4. The van der Waals surface area contributed by atoms with E-state index in [2.05, 4.69) is 15.4 Å². The molecule has 2 atom stereocenters. The second-order valence-corrected chi connectivity index (χ2v) is 9.80. The molecule has 224 valence electrons. The summed E-state index contributed by atoms with van der Waals surface area (Å²) in [5, 5.41) is 7.66. The molecular weight excluding hydrogens is 564 g/mol. The van der Waals surface area contributed by atoms with Crippen molar-refractivity contribution >= 4 is 23.3 Å². The lowest BCUT2D eigenvalue weighted by Crippen LogP contribution is -2.59. The van der Waals surface area contributed by atoms with Crippen LogP contribution in [0.1, 0.15) is 30.0 Å². The van der Waals surface area contributed by atoms with Gasteiger partial charge < -0.3 is 24.8 Å². The summed E-state index contributed by atoms with van der Waals surface area (Å²) in [6.07, 6.45) is -7.98. The average molecular weight is 592 g/mol. The third-order valence-electron chi connectivity index (χ3n) is 6.71. The summed E-state index contributed by atoms with van der Waals surface area (Å²) in [6, 6.07) is -0.517. The quantitative estimate of drug-likeness (QED) is 0.371. The molecule has 17 heteroatoms. The van der Waals surface area contributed by atoms with Crippen LogP contribution in [0.5, 0.6) is 0 Å². The lowest BCUT2D eigenvalue weighted by Gasteiger charge is -2.41. The van der Waals surface area contributed by atoms with Crippen LogP contribution in [0.25, 0.3) is 0 Å². The minimum absolute atomic E-state index is 0.00210. The molecule has 0 spiro atoms. The molecule has 41 heavy (non-hydrogen) atoms. The summed E-state index contributed by atoms with van der Waals surface area (Å²) in [7, 11) is 1.47. The van der Waals surface area contributed by atoms with Gasteiger partial charge in [-0.1, -0.05) is 0 Å². The van der Waals surface area contributed by atoms with Crippen LogP contribution < -0.4 is 15.8 Å². The molecule has 2 aliphatic heterocycles. The Balaban J connectivity index is 1.32. The fourth-order valence-corrected chi connectivity index (χ4v) is 4.77. The highest BCUT2D eigenvalue weighted by Gasteiger charge is 2.41. The number of hydrogen-bond acceptors (Lipinski definition) is 8. The standard InChI is InChI=1S/C24H27F6N7O4/c1-13(33-16-9-32-34-21(39)19(16)24(28,29)30)12-41-6-3-18(38)36-4-5-37-17(11-36)22(40)35(2)10-14-7-15(23(25,26)27)8-31-20(14)37/h7-9,13,17H,3-6,10-12H2,1-2H3,(H2,33,34,39)/t13-,17+/m0/s1. The maximum atomic E-state index is 13.2. The minimum Gasteiger partial charge on any atom is -0.379 e. The Labute approximate surface area is 229 Å². The van der Waals surface area contributed by atoms with E-state index >= 15 is 0 Å². The van der Waals surface area contributed by atoms with Gasteiger partial charge in [0.15, 0.2) is 0 Å². The molecule has 0 unspecified atom stereocenters. The number of halogens is 6. The molecule has 4 rings (SSSR count). The van der Waals surface area contributed by atoms with Crippen LogP contribution in [0.15, 0.2) is 23.3 Å². The Kier molecular flexibility index (Phi) is 8.46. The zero-order chi connectivity index (χ0) is 30.1. The first-order valence-electron chi connectivity index (χ1n) is 12.5. The van der Waals surface area contributed by atoms with Crippen molar-refractivity contribution in [2.24, 2.45) is 0 Å². The van der Waals surface area contributed by atoms with Crippen LogP contribution >= 0.6 is 0 Å².